The molecule has 8 heteroatoms. The van der Waals surface area contributed by atoms with Gasteiger partial charge in [-0.25, -0.2) is 4.79 Å². The van der Waals surface area contributed by atoms with Crippen LogP contribution >= 0.6 is 0 Å². The van der Waals surface area contributed by atoms with E-state index in [1.165, 1.54) is 38.7 Å². The van der Waals surface area contributed by atoms with Crippen LogP contribution < -0.4 is 25.3 Å². The van der Waals surface area contributed by atoms with Crippen molar-refractivity contribution in [1.29, 1.82) is 0 Å². The highest BCUT2D eigenvalue weighted by Crippen LogP contribution is 2.33. The summed E-state index contributed by atoms with van der Waals surface area (Å²) in [6, 6.07) is 10.5. The number of carbonyl (C=O) groups excluding carboxylic acids is 1. The molecule has 4 N–H and O–H groups in total. The molecule has 0 saturated heterocycles. The second kappa shape index (κ2) is 12.0. The molecule has 8 nitrogen and oxygen atoms in total. The minimum Gasteiger partial charge on any atom is -0.496 e. The maximum absolute atomic E-state index is 11.0. The molecule has 1 aliphatic rings. The van der Waals surface area contributed by atoms with Crippen LogP contribution in [0.3, 0.4) is 0 Å². The number of aliphatic carboxylic acids is 1. The lowest BCUT2D eigenvalue weighted by Crippen LogP contribution is -2.41. The number of methoxy groups -OCH3 is 3. The molecule has 0 radical (unpaired) electrons. The number of amides is 1. The molecule has 2 aromatic rings. The summed E-state index contributed by atoms with van der Waals surface area (Å²) in [7, 11) is 4.74. The molecule has 0 bridgehead atoms. The molecule has 1 amide bonds. The van der Waals surface area contributed by atoms with Gasteiger partial charge in [-0.2, -0.15) is 0 Å². The molecule has 0 heterocycles. The van der Waals surface area contributed by atoms with Gasteiger partial charge in [-0.1, -0.05) is 18.2 Å². The quantitative estimate of drug-likeness (QED) is 0.601. The lowest BCUT2D eigenvalue weighted by molar-refractivity contribution is -0.141. The van der Waals surface area contributed by atoms with Crippen LogP contribution in [0, 0.1) is 0 Å². The number of carbonyl (C=O) groups is 2. The van der Waals surface area contributed by atoms with Crippen molar-refractivity contribution in [2.75, 3.05) is 21.3 Å². The summed E-state index contributed by atoms with van der Waals surface area (Å²) in [4.78, 5) is 22.0. The Kier molecular flexibility index (Phi) is 9.34. The number of rotatable bonds is 7. The molecule has 0 aromatic heterocycles. The van der Waals surface area contributed by atoms with Gasteiger partial charge in [-0.3, -0.25) is 4.79 Å². The number of fused-ring (bicyclic) bond motifs is 1. The Morgan fingerprint density at radius 3 is 2.38 bits per heavy atom. The predicted octanol–water partition coefficient (Wildman–Crippen LogP) is 2.87. The molecule has 0 unspecified atom stereocenters. The van der Waals surface area contributed by atoms with E-state index in [2.05, 4.69) is 11.4 Å². The van der Waals surface area contributed by atoms with E-state index in [0.717, 1.165) is 24.2 Å². The highest BCUT2D eigenvalue weighted by atomic mass is 16.5. The largest absolute Gasteiger partial charge is 0.496 e. The van der Waals surface area contributed by atoms with Gasteiger partial charge in [-0.15, -0.1) is 0 Å². The van der Waals surface area contributed by atoms with Crippen molar-refractivity contribution in [3.8, 4) is 17.2 Å². The Hall–Kier alpha value is -3.26. The molecule has 0 spiro atoms. The molecule has 1 aliphatic carbocycles. The molecule has 0 fully saturated rings. The van der Waals surface area contributed by atoms with Crippen molar-refractivity contribution >= 4 is 11.9 Å². The van der Waals surface area contributed by atoms with Crippen molar-refractivity contribution in [3.63, 3.8) is 0 Å². The molecule has 2 atom stereocenters. The van der Waals surface area contributed by atoms with Crippen LogP contribution in [0.15, 0.2) is 36.4 Å². The van der Waals surface area contributed by atoms with Crippen molar-refractivity contribution in [2.24, 2.45) is 5.73 Å². The Morgan fingerprint density at radius 2 is 1.78 bits per heavy atom. The zero-order chi connectivity index (χ0) is 23.7. The van der Waals surface area contributed by atoms with Gasteiger partial charge in [0.2, 0.25) is 5.91 Å². The lowest BCUT2D eigenvalue weighted by Gasteiger charge is -2.23. The second-order valence-electron chi connectivity index (χ2n) is 7.51. The van der Waals surface area contributed by atoms with Gasteiger partial charge in [0, 0.05) is 19.4 Å². The van der Waals surface area contributed by atoms with Crippen LogP contribution in [0.25, 0.3) is 0 Å². The number of hydrogen-bond donors (Lipinski definition) is 3. The summed E-state index contributed by atoms with van der Waals surface area (Å²) in [5.41, 5.74) is 9.33. The fourth-order valence-electron chi connectivity index (χ4n) is 3.73. The lowest BCUT2D eigenvalue weighted by atomic mass is 9.88. The Labute approximate surface area is 188 Å². The molecular formula is C24H32N2O6. The van der Waals surface area contributed by atoms with E-state index in [1.807, 2.05) is 12.1 Å². The number of carboxylic acids is 1. The average molecular weight is 445 g/mol. The second-order valence-corrected chi connectivity index (χ2v) is 7.51. The van der Waals surface area contributed by atoms with Gasteiger partial charge in [-0.05, 0) is 54.2 Å². The molecular weight excluding hydrogens is 412 g/mol. The monoisotopic (exact) mass is 444 g/mol. The van der Waals surface area contributed by atoms with Crippen molar-refractivity contribution < 1.29 is 28.9 Å². The van der Waals surface area contributed by atoms with Gasteiger partial charge in [0.25, 0.3) is 0 Å². The number of carboxylic acid groups (broad SMARTS) is 1. The SMILES string of the molecule is COc1ccc(C[C@H](NC(C)=O)C(=O)O)cc1OC.COc1cccc2c1CCC[C@@H]2N. The topological polar surface area (TPSA) is 120 Å². The van der Waals surface area contributed by atoms with E-state index < -0.39 is 12.0 Å². The molecule has 174 valence electrons. The van der Waals surface area contributed by atoms with Crippen LogP contribution in [0.4, 0.5) is 0 Å². The zero-order valence-electron chi connectivity index (χ0n) is 19.0. The zero-order valence-corrected chi connectivity index (χ0v) is 19.0. The Bertz CT molecular complexity index is 931. The van der Waals surface area contributed by atoms with E-state index in [0.29, 0.717) is 11.5 Å². The standard InChI is InChI=1S/C13H17NO5.C11H15NO/c1-8(15)14-10(13(16)17)6-9-4-5-11(18-2)12(7-9)19-3;1-13-11-7-3-4-8-9(11)5-2-6-10(8)12/h4-5,7,10H,6H2,1-3H3,(H,14,15)(H,16,17);3-4,7,10H,2,5-6,12H2,1H3/t2*10-/m00/s1. The molecule has 32 heavy (non-hydrogen) atoms. The third-order valence-electron chi connectivity index (χ3n) is 5.29. The molecule has 2 aromatic carbocycles. The summed E-state index contributed by atoms with van der Waals surface area (Å²) < 4.78 is 15.5. The van der Waals surface area contributed by atoms with Gasteiger partial charge in [0.1, 0.15) is 11.8 Å². The third-order valence-corrected chi connectivity index (χ3v) is 5.29. The summed E-state index contributed by atoms with van der Waals surface area (Å²) in [5.74, 6) is 0.620. The number of nitrogens with one attached hydrogen (secondary N) is 1. The third kappa shape index (κ3) is 6.62. The minimum atomic E-state index is -1.08. The van der Waals surface area contributed by atoms with Crippen LogP contribution in [-0.2, 0) is 22.4 Å². The number of nitrogens with two attached hydrogens (primary N) is 1. The first kappa shape index (κ1) is 25.0. The highest BCUT2D eigenvalue weighted by Gasteiger charge is 2.20. The van der Waals surface area contributed by atoms with Crippen LogP contribution in [0.1, 0.15) is 42.5 Å². The fourth-order valence-corrected chi connectivity index (χ4v) is 3.73. The van der Waals surface area contributed by atoms with Crippen molar-refractivity contribution in [3.05, 3.63) is 53.1 Å². The molecule has 0 aliphatic heterocycles. The summed E-state index contributed by atoms with van der Waals surface area (Å²) in [6.45, 7) is 1.28. The average Bonchev–Trinajstić information content (AvgIpc) is 2.78. The first-order valence-corrected chi connectivity index (χ1v) is 10.4. The predicted molar refractivity (Wildman–Crippen MR) is 121 cm³/mol. The van der Waals surface area contributed by atoms with E-state index >= 15 is 0 Å². The number of ether oxygens (including phenoxy) is 3. The Morgan fingerprint density at radius 1 is 1.09 bits per heavy atom. The van der Waals surface area contributed by atoms with E-state index in [1.54, 1.807) is 25.3 Å². The van der Waals surface area contributed by atoms with Gasteiger partial charge < -0.3 is 30.4 Å². The number of hydrogen-bond acceptors (Lipinski definition) is 6. The molecule has 0 saturated carbocycles. The van der Waals surface area contributed by atoms with Crippen LogP contribution in [0.2, 0.25) is 0 Å². The fraction of sp³-hybridized carbons (Fsp3) is 0.417. The van der Waals surface area contributed by atoms with E-state index in [4.69, 9.17) is 25.1 Å². The van der Waals surface area contributed by atoms with Gasteiger partial charge in [0.05, 0.1) is 21.3 Å². The van der Waals surface area contributed by atoms with Crippen molar-refractivity contribution in [2.45, 2.75) is 44.7 Å². The van der Waals surface area contributed by atoms with Crippen LogP contribution in [0.5, 0.6) is 17.2 Å². The van der Waals surface area contributed by atoms with Crippen molar-refractivity contribution in [1.82, 2.24) is 5.32 Å². The van der Waals surface area contributed by atoms with E-state index in [9.17, 15) is 9.59 Å². The number of benzene rings is 2. The summed E-state index contributed by atoms with van der Waals surface area (Å²) in [5, 5.41) is 11.4. The Balaban J connectivity index is 0.000000242. The summed E-state index contributed by atoms with van der Waals surface area (Å²) >= 11 is 0. The maximum atomic E-state index is 11.0. The smallest absolute Gasteiger partial charge is 0.326 e. The molecule has 3 rings (SSSR count). The van der Waals surface area contributed by atoms with Crippen LogP contribution in [-0.4, -0.2) is 44.4 Å². The normalized spacial score (nSPS) is 15.3. The summed E-state index contributed by atoms with van der Waals surface area (Å²) in [6.07, 6.45) is 3.55. The first-order chi connectivity index (χ1) is 15.3. The first-order valence-electron chi connectivity index (χ1n) is 10.4. The highest BCUT2D eigenvalue weighted by molar-refractivity contribution is 5.82. The minimum absolute atomic E-state index is 0.176. The van der Waals surface area contributed by atoms with Gasteiger partial charge in [0.15, 0.2) is 11.5 Å². The van der Waals surface area contributed by atoms with Gasteiger partial charge >= 0.3 is 5.97 Å². The van der Waals surface area contributed by atoms with E-state index in [-0.39, 0.29) is 18.4 Å². The maximum Gasteiger partial charge on any atom is 0.326 e.